The minimum Gasteiger partial charge on any atom is -0.339 e. The fourth-order valence-corrected chi connectivity index (χ4v) is 3.50. The molecule has 0 N–H and O–H groups in total. The summed E-state index contributed by atoms with van der Waals surface area (Å²) in [6.45, 7) is 3.95. The van der Waals surface area contributed by atoms with E-state index in [2.05, 4.69) is 24.2 Å². The van der Waals surface area contributed by atoms with Gasteiger partial charge in [-0.05, 0) is 43.0 Å². The molecule has 4 nitrogen and oxygen atoms in total. The SMILES string of the molecule is CC1CCN(C(=O)c2cccc(-n3nccc3-c3ccccc3)c2)CC1. The van der Waals surface area contributed by atoms with Crippen LogP contribution >= 0.6 is 0 Å². The van der Waals surface area contributed by atoms with Gasteiger partial charge in [-0.3, -0.25) is 4.79 Å². The number of hydrogen-bond donors (Lipinski definition) is 0. The van der Waals surface area contributed by atoms with Crippen LogP contribution in [0.5, 0.6) is 0 Å². The van der Waals surface area contributed by atoms with Crippen molar-refractivity contribution >= 4 is 5.91 Å². The number of rotatable bonds is 3. The molecule has 3 aromatic rings. The average Bonchev–Trinajstić information content (AvgIpc) is 3.19. The Hall–Kier alpha value is -2.88. The number of nitrogens with zero attached hydrogens (tertiary/aromatic N) is 3. The van der Waals surface area contributed by atoms with Gasteiger partial charge in [-0.25, -0.2) is 4.68 Å². The highest BCUT2D eigenvalue weighted by Crippen LogP contribution is 2.24. The first-order valence-electron chi connectivity index (χ1n) is 9.21. The second-order valence-electron chi connectivity index (χ2n) is 7.02. The van der Waals surface area contributed by atoms with E-state index in [1.54, 1.807) is 6.20 Å². The Morgan fingerprint density at radius 3 is 2.54 bits per heavy atom. The van der Waals surface area contributed by atoms with Crippen LogP contribution in [0.1, 0.15) is 30.1 Å². The zero-order valence-electron chi connectivity index (χ0n) is 15.0. The van der Waals surface area contributed by atoms with E-state index in [1.807, 2.05) is 58.1 Å². The fraction of sp³-hybridized carbons (Fsp3) is 0.273. The summed E-state index contributed by atoms with van der Waals surface area (Å²) in [6.07, 6.45) is 3.97. The Labute approximate surface area is 154 Å². The summed E-state index contributed by atoms with van der Waals surface area (Å²) in [5.74, 6) is 0.829. The number of hydrogen-bond acceptors (Lipinski definition) is 2. The highest BCUT2D eigenvalue weighted by atomic mass is 16.2. The van der Waals surface area contributed by atoms with Gasteiger partial charge in [0.05, 0.1) is 17.6 Å². The van der Waals surface area contributed by atoms with Crippen molar-refractivity contribution in [3.63, 3.8) is 0 Å². The van der Waals surface area contributed by atoms with E-state index >= 15 is 0 Å². The molecule has 132 valence electrons. The average molecular weight is 345 g/mol. The van der Waals surface area contributed by atoms with Crippen LogP contribution < -0.4 is 0 Å². The van der Waals surface area contributed by atoms with Crippen LogP contribution in [0.4, 0.5) is 0 Å². The standard InChI is InChI=1S/C22H23N3O/c1-17-11-14-24(15-12-17)22(26)19-8-5-9-20(16-19)25-21(10-13-23-25)18-6-3-2-4-7-18/h2-10,13,16-17H,11-12,14-15H2,1H3. The van der Waals surface area contributed by atoms with Gasteiger partial charge in [0.2, 0.25) is 0 Å². The molecule has 0 radical (unpaired) electrons. The molecule has 1 amide bonds. The minimum atomic E-state index is 0.118. The Bertz CT molecular complexity index is 893. The summed E-state index contributed by atoms with van der Waals surface area (Å²) >= 11 is 0. The largest absolute Gasteiger partial charge is 0.339 e. The van der Waals surface area contributed by atoms with Gasteiger partial charge in [0, 0.05) is 24.2 Å². The Morgan fingerprint density at radius 1 is 1.00 bits per heavy atom. The highest BCUT2D eigenvalue weighted by Gasteiger charge is 2.21. The second kappa shape index (κ2) is 7.16. The van der Waals surface area contributed by atoms with Gasteiger partial charge in [-0.15, -0.1) is 0 Å². The molecule has 1 aliphatic rings. The Kier molecular flexibility index (Phi) is 4.57. The van der Waals surface area contributed by atoms with E-state index < -0.39 is 0 Å². The molecule has 0 spiro atoms. The number of aromatic nitrogens is 2. The molecule has 0 atom stereocenters. The summed E-state index contributed by atoms with van der Waals surface area (Å²) in [5, 5.41) is 4.48. The molecule has 4 heteroatoms. The third-order valence-corrected chi connectivity index (χ3v) is 5.12. The first kappa shape index (κ1) is 16.6. The van der Waals surface area contributed by atoms with E-state index in [9.17, 15) is 4.79 Å². The molecular weight excluding hydrogens is 322 g/mol. The second-order valence-corrected chi connectivity index (χ2v) is 7.02. The highest BCUT2D eigenvalue weighted by molar-refractivity contribution is 5.94. The molecule has 0 saturated carbocycles. The minimum absolute atomic E-state index is 0.118. The maximum absolute atomic E-state index is 12.9. The van der Waals surface area contributed by atoms with Gasteiger partial charge in [-0.1, -0.05) is 43.3 Å². The van der Waals surface area contributed by atoms with Crippen LogP contribution in [-0.4, -0.2) is 33.7 Å². The van der Waals surface area contributed by atoms with E-state index in [0.717, 1.165) is 48.4 Å². The number of carbonyl (C=O) groups excluding carboxylic acids is 1. The van der Waals surface area contributed by atoms with Crippen LogP contribution in [0.15, 0.2) is 66.9 Å². The molecule has 1 fully saturated rings. The number of amides is 1. The van der Waals surface area contributed by atoms with Crippen molar-refractivity contribution < 1.29 is 4.79 Å². The van der Waals surface area contributed by atoms with Crippen LogP contribution in [0, 0.1) is 5.92 Å². The molecule has 1 saturated heterocycles. The first-order valence-corrected chi connectivity index (χ1v) is 9.21. The lowest BCUT2D eigenvalue weighted by Gasteiger charge is -2.30. The predicted octanol–water partition coefficient (Wildman–Crippen LogP) is 4.41. The molecule has 1 aliphatic heterocycles. The van der Waals surface area contributed by atoms with E-state index in [-0.39, 0.29) is 5.91 Å². The lowest BCUT2D eigenvalue weighted by molar-refractivity contribution is 0.0697. The van der Waals surface area contributed by atoms with Crippen LogP contribution in [0.3, 0.4) is 0 Å². The summed E-state index contributed by atoms with van der Waals surface area (Å²) in [6, 6.07) is 19.9. The Balaban J connectivity index is 1.63. The quantitative estimate of drug-likeness (QED) is 0.705. The predicted molar refractivity (Wildman–Crippen MR) is 103 cm³/mol. The lowest BCUT2D eigenvalue weighted by Crippen LogP contribution is -2.37. The summed E-state index contributed by atoms with van der Waals surface area (Å²) < 4.78 is 1.89. The third kappa shape index (κ3) is 3.27. The first-order chi connectivity index (χ1) is 12.7. The molecule has 0 aliphatic carbocycles. The topological polar surface area (TPSA) is 38.1 Å². The monoisotopic (exact) mass is 345 g/mol. The number of likely N-dealkylation sites (tertiary alicyclic amines) is 1. The van der Waals surface area contributed by atoms with E-state index in [4.69, 9.17) is 0 Å². The summed E-state index contributed by atoms with van der Waals surface area (Å²) in [4.78, 5) is 14.9. The maximum atomic E-state index is 12.9. The Morgan fingerprint density at radius 2 is 1.77 bits per heavy atom. The van der Waals surface area contributed by atoms with Gasteiger partial charge >= 0.3 is 0 Å². The van der Waals surface area contributed by atoms with Crippen LogP contribution in [0.25, 0.3) is 16.9 Å². The van der Waals surface area contributed by atoms with Crippen molar-refractivity contribution in [1.29, 1.82) is 0 Å². The fourth-order valence-electron chi connectivity index (χ4n) is 3.50. The smallest absolute Gasteiger partial charge is 0.253 e. The van der Waals surface area contributed by atoms with Gasteiger partial charge in [0.1, 0.15) is 0 Å². The van der Waals surface area contributed by atoms with Crippen molar-refractivity contribution in [2.45, 2.75) is 19.8 Å². The van der Waals surface area contributed by atoms with Gasteiger partial charge < -0.3 is 4.90 Å². The molecule has 1 aromatic heterocycles. The summed E-state index contributed by atoms with van der Waals surface area (Å²) in [7, 11) is 0. The van der Waals surface area contributed by atoms with Crippen LogP contribution in [0.2, 0.25) is 0 Å². The van der Waals surface area contributed by atoms with Gasteiger partial charge in [-0.2, -0.15) is 5.10 Å². The van der Waals surface area contributed by atoms with Crippen molar-refractivity contribution in [3.8, 4) is 16.9 Å². The van der Waals surface area contributed by atoms with Crippen LogP contribution in [-0.2, 0) is 0 Å². The zero-order valence-corrected chi connectivity index (χ0v) is 15.0. The molecule has 0 bridgehead atoms. The maximum Gasteiger partial charge on any atom is 0.253 e. The van der Waals surface area contributed by atoms with Crippen molar-refractivity contribution in [1.82, 2.24) is 14.7 Å². The third-order valence-electron chi connectivity index (χ3n) is 5.12. The van der Waals surface area contributed by atoms with E-state index in [0.29, 0.717) is 5.92 Å². The number of carbonyl (C=O) groups is 1. The lowest BCUT2D eigenvalue weighted by atomic mass is 9.98. The zero-order chi connectivity index (χ0) is 17.9. The number of benzene rings is 2. The molecule has 2 aromatic carbocycles. The molecule has 26 heavy (non-hydrogen) atoms. The van der Waals surface area contributed by atoms with E-state index in [1.165, 1.54) is 0 Å². The molecule has 4 rings (SSSR count). The van der Waals surface area contributed by atoms with Crippen molar-refractivity contribution in [2.75, 3.05) is 13.1 Å². The van der Waals surface area contributed by atoms with Crippen molar-refractivity contribution in [3.05, 3.63) is 72.4 Å². The van der Waals surface area contributed by atoms with Gasteiger partial charge in [0.15, 0.2) is 0 Å². The summed E-state index contributed by atoms with van der Waals surface area (Å²) in [5.41, 5.74) is 3.75. The molecule has 2 heterocycles. The molecule has 0 unspecified atom stereocenters. The molecular formula is C22H23N3O. The number of piperidine rings is 1. The van der Waals surface area contributed by atoms with Crippen molar-refractivity contribution in [2.24, 2.45) is 5.92 Å². The van der Waals surface area contributed by atoms with Gasteiger partial charge in [0.25, 0.3) is 5.91 Å². The normalized spacial score (nSPS) is 15.2.